The van der Waals surface area contributed by atoms with Gasteiger partial charge in [-0.05, 0) is 16.7 Å². The van der Waals surface area contributed by atoms with Gasteiger partial charge in [-0.1, -0.05) is 79.5 Å². The fourth-order valence-corrected chi connectivity index (χ4v) is 2.98. The van der Waals surface area contributed by atoms with Gasteiger partial charge in [0.05, 0.1) is 8.80 Å². The van der Waals surface area contributed by atoms with Gasteiger partial charge in [0, 0.05) is 0 Å². The molecule has 0 aliphatic rings. The van der Waals surface area contributed by atoms with Crippen LogP contribution in [0.1, 0.15) is 11.1 Å². The molecule has 0 aromatic heterocycles. The highest BCUT2D eigenvalue weighted by Gasteiger charge is 2.04. The third-order valence-corrected chi connectivity index (χ3v) is 3.67. The highest BCUT2D eigenvalue weighted by Crippen LogP contribution is 2.23. The van der Waals surface area contributed by atoms with Gasteiger partial charge in [-0.2, -0.15) is 0 Å². The molecule has 0 nitrogen and oxygen atoms in total. The van der Waals surface area contributed by atoms with Crippen LogP contribution in [-0.2, 0) is 0 Å². The molecule has 0 aliphatic carbocycles. The molecule has 0 fully saturated rings. The Bertz CT molecular complexity index is 442. The third-order valence-electron chi connectivity index (χ3n) is 2.67. The molecule has 0 N–H and O–H groups in total. The summed E-state index contributed by atoms with van der Waals surface area (Å²) in [5.41, 5.74) is 6.48. The summed E-state index contributed by atoms with van der Waals surface area (Å²) in [5.74, 6) is 0. The summed E-state index contributed by atoms with van der Waals surface area (Å²) in [5, 5.41) is 0. The van der Waals surface area contributed by atoms with Crippen LogP contribution in [0, 0.1) is 0 Å². The van der Waals surface area contributed by atoms with Crippen molar-refractivity contribution < 1.29 is 0 Å². The van der Waals surface area contributed by atoms with E-state index in [1.165, 1.54) is 16.7 Å². The van der Waals surface area contributed by atoms with Crippen LogP contribution in [-0.4, -0.2) is 8.80 Å². The topological polar surface area (TPSA) is 0 Å². The van der Waals surface area contributed by atoms with Crippen LogP contribution in [0.4, 0.5) is 0 Å². The van der Waals surface area contributed by atoms with Crippen LogP contribution in [0.2, 0.25) is 13.1 Å². The predicted octanol–water partition coefficient (Wildman–Crippen LogP) is 4.14. The van der Waals surface area contributed by atoms with Gasteiger partial charge in [0.15, 0.2) is 0 Å². The van der Waals surface area contributed by atoms with Gasteiger partial charge in [0.25, 0.3) is 0 Å². The lowest BCUT2D eigenvalue weighted by Crippen LogP contribution is -1.98. The summed E-state index contributed by atoms with van der Waals surface area (Å²) in [7, 11) is -0.730. The van der Waals surface area contributed by atoms with Crippen LogP contribution < -0.4 is 0 Å². The number of benzene rings is 2. The fraction of sp³-hybridized carbons (Fsp3) is 0.125. The Morgan fingerprint density at radius 3 is 1.53 bits per heavy atom. The Labute approximate surface area is 105 Å². The molecule has 0 saturated heterocycles. The van der Waals surface area contributed by atoms with Crippen molar-refractivity contribution in [3.63, 3.8) is 0 Å². The molecule has 1 heteroatoms. The molecule has 0 aliphatic heterocycles. The van der Waals surface area contributed by atoms with Gasteiger partial charge < -0.3 is 0 Å². The average Bonchev–Trinajstić information content (AvgIpc) is 2.38. The Morgan fingerprint density at radius 2 is 1.18 bits per heavy atom. The van der Waals surface area contributed by atoms with Crippen LogP contribution in [0.25, 0.3) is 5.57 Å². The largest absolute Gasteiger partial charge is 0.0899 e. The summed E-state index contributed by atoms with van der Waals surface area (Å²) < 4.78 is 0. The summed E-state index contributed by atoms with van der Waals surface area (Å²) in [4.78, 5) is 0. The van der Waals surface area contributed by atoms with Crippen molar-refractivity contribution in [3.05, 3.63) is 77.5 Å². The van der Waals surface area contributed by atoms with E-state index in [9.17, 15) is 0 Å². The van der Waals surface area contributed by atoms with Crippen molar-refractivity contribution in [3.8, 4) is 0 Å². The molecular weight excluding hydrogens is 220 g/mol. The van der Waals surface area contributed by atoms with E-state index in [4.69, 9.17) is 0 Å². The first-order chi connectivity index (χ1) is 8.27. The standard InChI is InChI=1S/C16H18Si/c1-17(2)13-16(14-9-5-3-6-10-14)15-11-7-4-8-12-15/h3-13,17H,1-2H3. The fourth-order valence-electron chi connectivity index (χ4n) is 1.93. The first-order valence-electron chi connectivity index (χ1n) is 6.10. The van der Waals surface area contributed by atoms with E-state index in [1.54, 1.807) is 0 Å². The molecule has 2 aromatic rings. The van der Waals surface area contributed by atoms with E-state index in [0.29, 0.717) is 0 Å². The van der Waals surface area contributed by atoms with Gasteiger partial charge in [0.1, 0.15) is 0 Å². The SMILES string of the molecule is C[SiH](C)C=C(c1ccccc1)c1ccccc1. The van der Waals surface area contributed by atoms with Crippen LogP contribution >= 0.6 is 0 Å². The van der Waals surface area contributed by atoms with Gasteiger partial charge >= 0.3 is 0 Å². The summed E-state index contributed by atoms with van der Waals surface area (Å²) in [6.07, 6.45) is 0. The second kappa shape index (κ2) is 5.64. The molecular formula is C16H18Si. The van der Waals surface area contributed by atoms with Crippen LogP contribution in [0.5, 0.6) is 0 Å². The Hall–Kier alpha value is -1.60. The maximum atomic E-state index is 2.46. The van der Waals surface area contributed by atoms with Gasteiger partial charge in [0.2, 0.25) is 0 Å². The normalized spacial score (nSPS) is 10.3. The molecule has 0 atom stereocenters. The van der Waals surface area contributed by atoms with E-state index in [2.05, 4.69) is 79.5 Å². The number of hydrogen-bond donors (Lipinski definition) is 0. The molecule has 0 spiro atoms. The molecule has 0 unspecified atom stereocenters. The number of rotatable bonds is 3. The van der Waals surface area contributed by atoms with E-state index in [-0.39, 0.29) is 0 Å². The lowest BCUT2D eigenvalue weighted by molar-refractivity contribution is 1.55. The van der Waals surface area contributed by atoms with Crippen molar-refractivity contribution in [1.82, 2.24) is 0 Å². The molecule has 2 aromatic carbocycles. The maximum absolute atomic E-state index is 2.46. The lowest BCUT2D eigenvalue weighted by Gasteiger charge is -2.09. The first-order valence-corrected chi connectivity index (χ1v) is 9.07. The van der Waals surface area contributed by atoms with Crippen molar-refractivity contribution >= 4 is 14.4 Å². The second-order valence-corrected chi connectivity index (χ2v) is 7.38. The van der Waals surface area contributed by atoms with Gasteiger partial charge in [-0.25, -0.2) is 0 Å². The molecule has 0 bridgehead atoms. The summed E-state index contributed by atoms with van der Waals surface area (Å²) in [6, 6.07) is 21.3. The van der Waals surface area contributed by atoms with Crippen LogP contribution in [0.3, 0.4) is 0 Å². The molecule has 0 heterocycles. The van der Waals surface area contributed by atoms with Crippen molar-refractivity contribution in [2.75, 3.05) is 0 Å². The monoisotopic (exact) mass is 238 g/mol. The molecule has 0 amide bonds. The zero-order chi connectivity index (χ0) is 12.1. The minimum atomic E-state index is -0.730. The van der Waals surface area contributed by atoms with Gasteiger partial charge in [-0.15, -0.1) is 0 Å². The van der Waals surface area contributed by atoms with E-state index in [1.807, 2.05) is 0 Å². The minimum absolute atomic E-state index is 0.730. The molecule has 17 heavy (non-hydrogen) atoms. The van der Waals surface area contributed by atoms with Crippen LogP contribution in [0.15, 0.2) is 66.4 Å². The minimum Gasteiger partial charge on any atom is -0.0899 e. The Morgan fingerprint density at radius 1 is 0.765 bits per heavy atom. The lowest BCUT2D eigenvalue weighted by atomic mass is 10.00. The molecule has 0 radical (unpaired) electrons. The molecule has 0 saturated carbocycles. The smallest absolute Gasteiger partial charge is 0.0562 e. The van der Waals surface area contributed by atoms with E-state index < -0.39 is 8.80 Å². The summed E-state index contributed by atoms with van der Waals surface area (Å²) in [6.45, 7) is 4.71. The van der Waals surface area contributed by atoms with Crippen molar-refractivity contribution in [2.45, 2.75) is 13.1 Å². The van der Waals surface area contributed by atoms with E-state index >= 15 is 0 Å². The zero-order valence-corrected chi connectivity index (χ0v) is 11.6. The first kappa shape index (κ1) is 11.9. The highest BCUT2D eigenvalue weighted by atomic mass is 28.3. The molecule has 86 valence electrons. The summed E-state index contributed by atoms with van der Waals surface area (Å²) >= 11 is 0. The predicted molar refractivity (Wildman–Crippen MR) is 78.8 cm³/mol. The maximum Gasteiger partial charge on any atom is 0.0562 e. The highest BCUT2D eigenvalue weighted by molar-refractivity contribution is 6.62. The third kappa shape index (κ3) is 3.18. The van der Waals surface area contributed by atoms with Crippen molar-refractivity contribution in [2.24, 2.45) is 0 Å². The van der Waals surface area contributed by atoms with Gasteiger partial charge in [-0.3, -0.25) is 0 Å². The van der Waals surface area contributed by atoms with Crippen molar-refractivity contribution in [1.29, 1.82) is 0 Å². The quantitative estimate of drug-likeness (QED) is 0.705. The zero-order valence-electron chi connectivity index (χ0n) is 10.4. The molecule has 2 rings (SSSR count). The Balaban J connectivity index is 2.47. The van der Waals surface area contributed by atoms with E-state index in [0.717, 1.165) is 0 Å². The average molecular weight is 238 g/mol. The number of hydrogen-bond acceptors (Lipinski definition) is 0. The Kier molecular flexibility index (Phi) is 3.94. The second-order valence-electron chi connectivity index (χ2n) is 4.56.